The number of aliphatic hydroxyl groups excluding tert-OH is 1. The summed E-state index contributed by atoms with van der Waals surface area (Å²) in [5.74, 6) is 0.859. The Morgan fingerprint density at radius 1 is 1.44 bits per heavy atom. The summed E-state index contributed by atoms with van der Waals surface area (Å²) in [4.78, 5) is 0. The number of rotatable bonds is 4. The zero-order valence-corrected chi connectivity index (χ0v) is 9.65. The van der Waals surface area contributed by atoms with Gasteiger partial charge >= 0.3 is 0 Å². The van der Waals surface area contributed by atoms with Crippen LogP contribution in [0.1, 0.15) is 31.4 Å². The molecule has 1 aromatic carbocycles. The molecule has 16 heavy (non-hydrogen) atoms. The zero-order chi connectivity index (χ0) is 11.4. The molecule has 0 amide bonds. The molecule has 0 bridgehead atoms. The second-order valence-electron chi connectivity index (χ2n) is 4.15. The largest absolute Gasteiger partial charge is 0.494 e. The van der Waals surface area contributed by atoms with Gasteiger partial charge in [-0.3, -0.25) is 0 Å². The summed E-state index contributed by atoms with van der Waals surface area (Å²) in [7, 11) is 0. The van der Waals surface area contributed by atoms with Crippen LogP contribution in [-0.4, -0.2) is 24.3 Å². The van der Waals surface area contributed by atoms with Crippen LogP contribution in [0.4, 0.5) is 0 Å². The van der Waals surface area contributed by atoms with E-state index in [9.17, 15) is 5.11 Å². The van der Waals surface area contributed by atoms with Gasteiger partial charge in [0.25, 0.3) is 0 Å². The van der Waals surface area contributed by atoms with Crippen LogP contribution in [0.3, 0.4) is 0 Å². The average Bonchev–Trinajstić information content (AvgIpc) is 2.83. The van der Waals surface area contributed by atoms with E-state index in [1.54, 1.807) is 0 Å². The van der Waals surface area contributed by atoms with Crippen molar-refractivity contribution in [1.29, 1.82) is 0 Å². The lowest BCUT2D eigenvalue weighted by molar-refractivity contribution is 0.137. The standard InChI is InChI=1S/C13H19NO2/c1-2-16-11-7-5-10(6-8-11)13(15)12-4-3-9-14-12/h5-8,12-15H,2-4,9H2,1H3. The Morgan fingerprint density at radius 2 is 2.19 bits per heavy atom. The molecule has 1 aliphatic rings. The quantitative estimate of drug-likeness (QED) is 0.815. The van der Waals surface area contributed by atoms with E-state index in [2.05, 4.69) is 5.32 Å². The lowest BCUT2D eigenvalue weighted by Gasteiger charge is -2.18. The molecule has 1 heterocycles. The van der Waals surface area contributed by atoms with Gasteiger partial charge in [0.05, 0.1) is 12.7 Å². The SMILES string of the molecule is CCOc1ccc(C(O)C2CCCN2)cc1. The minimum Gasteiger partial charge on any atom is -0.494 e. The van der Waals surface area contributed by atoms with Crippen molar-refractivity contribution in [1.82, 2.24) is 5.32 Å². The first-order valence-electron chi connectivity index (χ1n) is 5.95. The predicted octanol–water partition coefficient (Wildman–Crippen LogP) is 1.87. The molecule has 2 atom stereocenters. The fraction of sp³-hybridized carbons (Fsp3) is 0.538. The Balaban J connectivity index is 2.02. The van der Waals surface area contributed by atoms with E-state index in [1.807, 2.05) is 31.2 Å². The third kappa shape index (κ3) is 2.54. The number of hydrogen-bond acceptors (Lipinski definition) is 3. The molecule has 88 valence electrons. The number of ether oxygens (including phenoxy) is 1. The summed E-state index contributed by atoms with van der Waals surface area (Å²) in [5, 5.41) is 13.5. The first-order chi connectivity index (χ1) is 7.81. The first-order valence-corrected chi connectivity index (χ1v) is 5.95. The van der Waals surface area contributed by atoms with Gasteiger partial charge in [0, 0.05) is 6.04 Å². The summed E-state index contributed by atoms with van der Waals surface area (Å²) >= 11 is 0. The Kier molecular flexibility index (Phi) is 3.80. The lowest BCUT2D eigenvalue weighted by atomic mass is 10.0. The summed E-state index contributed by atoms with van der Waals surface area (Å²) < 4.78 is 5.37. The molecule has 0 aromatic heterocycles. The monoisotopic (exact) mass is 221 g/mol. The van der Waals surface area contributed by atoms with Gasteiger partial charge < -0.3 is 15.2 Å². The molecule has 0 saturated carbocycles. The third-order valence-corrected chi connectivity index (χ3v) is 3.01. The van der Waals surface area contributed by atoms with Crippen LogP contribution in [-0.2, 0) is 0 Å². The van der Waals surface area contributed by atoms with Crippen LogP contribution in [0.15, 0.2) is 24.3 Å². The van der Waals surface area contributed by atoms with Crippen LogP contribution in [0.2, 0.25) is 0 Å². The first kappa shape index (κ1) is 11.4. The molecule has 1 aliphatic heterocycles. The molecule has 0 spiro atoms. The second-order valence-corrected chi connectivity index (χ2v) is 4.15. The highest BCUT2D eigenvalue weighted by molar-refractivity contribution is 5.29. The lowest BCUT2D eigenvalue weighted by Crippen LogP contribution is -2.28. The minimum absolute atomic E-state index is 0.206. The third-order valence-electron chi connectivity index (χ3n) is 3.01. The summed E-state index contributed by atoms with van der Waals surface area (Å²) in [6.45, 7) is 3.65. The van der Waals surface area contributed by atoms with Crippen molar-refractivity contribution < 1.29 is 9.84 Å². The highest BCUT2D eigenvalue weighted by atomic mass is 16.5. The van der Waals surface area contributed by atoms with Crippen molar-refractivity contribution in [3.8, 4) is 5.75 Å². The van der Waals surface area contributed by atoms with E-state index < -0.39 is 6.10 Å². The number of hydrogen-bond donors (Lipinski definition) is 2. The zero-order valence-electron chi connectivity index (χ0n) is 9.65. The van der Waals surface area contributed by atoms with Gasteiger partial charge in [-0.25, -0.2) is 0 Å². The second kappa shape index (κ2) is 5.32. The Bertz CT molecular complexity index is 317. The Labute approximate surface area is 96.4 Å². The normalized spacial score (nSPS) is 22.0. The van der Waals surface area contributed by atoms with Crippen LogP contribution in [0, 0.1) is 0 Å². The fourth-order valence-electron chi connectivity index (χ4n) is 2.14. The molecule has 0 radical (unpaired) electrons. The van der Waals surface area contributed by atoms with Crippen LogP contribution in [0.5, 0.6) is 5.75 Å². The van der Waals surface area contributed by atoms with Crippen LogP contribution in [0.25, 0.3) is 0 Å². The highest BCUT2D eigenvalue weighted by Gasteiger charge is 2.23. The van der Waals surface area contributed by atoms with Gasteiger partial charge in [-0.2, -0.15) is 0 Å². The maximum absolute atomic E-state index is 10.1. The van der Waals surface area contributed by atoms with Crippen molar-refractivity contribution in [3.05, 3.63) is 29.8 Å². The predicted molar refractivity (Wildman–Crippen MR) is 63.6 cm³/mol. The fourth-order valence-corrected chi connectivity index (χ4v) is 2.14. The maximum atomic E-state index is 10.1. The number of aliphatic hydroxyl groups is 1. The molecule has 0 aliphatic carbocycles. The van der Waals surface area contributed by atoms with Crippen LogP contribution < -0.4 is 10.1 Å². The van der Waals surface area contributed by atoms with Crippen molar-refractivity contribution >= 4 is 0 Å². The Hall–Kier alpha value is -1.06. The molecule has 2 unspecified atom stereocenters. The van der Waals surface area contributed by atoms with E-state index in [0.717, 1.165) is 30.7 Å². The van der Waals surface area contributed by atoms with Gasteiger partial charge in [0.15, 0.2) is 0 Å². The number of benzene rings is 1. The topological polar surface area (TPSA) is 41.5 Å². The molecule has 3 heteroatoms. The summed E-state index contributed by atoms with van der Waals surface area (Å²) in [6.07, 6.45) is 1.80. The van der Waals surface area contributed by atoms with Gasteiger partial charge in [-0.05, 0) is 44.0 Å². The Morgan fingerprint density at radius 3 is 2.75 bits per heavy atom. The van der Waals surface area contributed by atoms with Crippen molar-refractivity contribution in [2.45, 2.75) is 31.9 Å². The van der Waals surface area contributed by atoms with Gasteiger partial charge in [0.1, 0.15) is 5.75 Å². The van der Waals surface area contributed by atoms with Crippen molar-refractivity contribution in [2.24, 2.45) is 0 Å². The smallest absolute Gasteiger partial charge is 0.119 e. The molecule has 1 fully saturated rings. The van der Waals surface area contributed by atoms with E-state index >= 15 is 0 Å². The van der Waals surface area contributed by atoms with E-state index in [-0.39, 0.29) is 6.04 Å². The molecule has 1 aromatic rings. The van der Waals surface area contributed by atoms with Crippen molar-refractivity contribution in [2.75, 3.05) is 13.2 Å². The van der Waals surface area contributed by atoms with E-state index in [4.69, 9.17) is 4.74 Å². The minimum atomic E-state index is -0.404. The van der Waals surface area contributed by atoms with Gasteiger partial charge in [-0.15, -0.1) is 0 Å². The molecule has 1 saturated heterocycles. The van der Waals surface area contributed by atoms with E-state index in [1.165, 1.54) is 0 Å². The molecular formula is C13H19NO2. The number of nitrogens with one attached hydrogen (secondary N) is 1. The maximum Gasteiger partial charge on any atom is 0.119 e. The van der Waals surface area contributed by atoms with Crippen LogP contribution >= 0.6 is 0 Å². The molecule has 2 N–H and O–H groups in total. The molecule has 3 nitrogen and oxygen atoms in total. The molecular weight excluding hydrogens is 202 g/mol. The highest BCUT2D eigenvalue weighted by Crippen LogP contribution is 2.24. The van der Waals surface area contributed by atoms with Gasteiger partial charge in [-0.1, -0.05) is 12.1 Å². The summed E-state index contributed by atoms with van der Waals surface area (Å²) in [5.41, 5.74) is 0.961. The molecule has 2 rings (SSSR count). The average molecular weight is 221 g/mol. The van der Waals surface area contributed by atoms with Gasteiger partial charge in [0.2, 0.25) is 0 Å². The summed E-state index contributed by atoms with van der Waals surface area (Å²) in [6, 6.07) is 7.91. The van der Waals surface area contributed by atoms with Crippen molar-refractivity contribution in [3.63, 3.8) is 0 Å². The van der Waals surface area contributed by atoms with E-state index in [0.29, 0.717) is 6.61 Å².